The maximum Gasteiger partial charge on any atom is 0.253 e. The molecule has 0 saturated heterocycles. The van der Waals surface area contributed by atoms with Crippen molar-refractivity contribution in [3.63, 3.8) is 0 Å². The fourth-order valence-corrected chi connectivity index (χ4v) is 2.22. The van der Waals surface area contributed by atoms with Crippen LogP contribution in [-0.2, 0) is 0 Å². The Kier molecular flexibility index (Phi) is 4.52. The summed E-state index contributed by atoms with van der Waals surface area (Å²) in [6, 6.07) is 9.29. The third-order valence-corrected chi connectivity index (χ3v) is 3.35. The number of anilines is 1. The van der Waals surface area contributed by atoms with E-state index in [0.29, 0.717) is 18.7 Å². The van der Waals surface area contributed by atoms with Crippen molar-refractivity contribution >= 4 is 11.9 Å². The molecular weight excluding hydrogens is 264 g/mol. The fourth-order valence-electron chi connectivity index (χ4n) is 2.22. The lowest BCUT2D eigenvalue weighted by Gasteiger charge is -2.18. The lowest BCUT2D eigenvalue weighted by atomic mass is 10.1. The predicted octanol–water partition coefficient (Wildman–Crippen LogP) is 2.52. The van der Waals surface area contributed by atoms with Gasteiger partial charge in [-0.2, -0.15) is 0 Å². The van der Waals surface area contributed by atoms with Gasteiger partial charge in [0.1, 0.15) is 0 Å². The van der Waals surface area contributed by atoms with Crippen molar-refractivity contribution in [3.05, 3.63) is 41.6 Å². The first-order valence-electron chi connectivity index (χ1n) is 7.06. The molecule has 2 rings (SSSR count). The van der Waals surface area contributed by atoms with Crippen molar-refractivity contribution in [2.24, 2.45) is 0 Å². The molecule has 2 N–H and O–H groups in total. The van der Waals surface area contributed by atoms with Crippen LogP contribution in [0.3, 0.4) is 0 Å². The van der Waals surface area contributed by atoms with Gasteiger partial charge in [-0.15, -0.1) is 0 Å². The molecule has 0 atom stereocenters. The molecule has 1 aromatic heterocycles. The van der Waals surface area contributed by atoms with Crippen molar-refractivity contribution in [3.8, 4) is 11.3 Å². The van der Waals surface area contributed by atoms with Gasteiger partial charge in [-0.3, -0.25) is 4.79 Å². The molecule has 5 nitrogen and oxygen atoms in total. The van der Waals surface area contributed by atoms with Gasteiger partial charge in [0.25, 0.3) is 5.91 Å². The first-order chi connectivity index (χ1) is 10.0. The first-order valence-corrected chi connectivity index (χ1v) is 7.06. The highest BCUT2D eigenvalue weighted by molar-refractivity contribution is 5.94. The van der Waals surface area contributed by atoms with E-state index in [9.17, 15) is 4.79 Å². The Bertz CT molecular complexity index is 613. The summed E-state index contributed by atoms with van der Waals surface area (Å²) >= 11 is 0. The van der Waals surface area contributed by atoms with E-state index >= 15 is 0 Å². The molecule has 2 aromatic rings. The Morgan fingerprint density at radius 1 is 1.14 bits per heavy atom. The van der Waals surface area contributed by atoms with E-state index in [4.69, 9.17) is 5.73 Å². The Balaban J connectivity index is 2.28. The van der Waals surface area contributed by atoms with Gasteiger partial charge < -0.3 is 10.6 Å². The molecule has 110 valence electrons. The van der Waals surface area contributed by atoms with E-state index < -0.39 is 0 Å². The zero-order chi connectivity index (χ0) is 15.4. The molecule has 0 aliphatic carbocycles. The minimum Gasteiger partial charge on any atom is -0.368 e. The van der Waals surface area contributed by atoms with Gasteiger partial charge >= 0.3 is 0 Å². The number of rotatable bonds is 4. The molecule has 0 aliphatic heterocycles. The van der Waals surface area contributed by atoms with Crippen LogP contribution in [0.25, 0.3) is 11.3 Å². The Hall–Kier alpha value is -2.43. The topological polar surface area (TPSA) is 72.1 Å². The normalized spacial score (nSPS) is 10.4. The second kappa shape index (κ2) is 6.35. The smallest absolute Gasteiger partial charge is 0.253 e. The lowest BCUT2D eigenvalue weighted by molar-refractivity contribution is 0.0773. The van der Waals surface area contributed by atoms with Gasteiger partial charge in [0.2, 0.25) is 5.95 Å². The number of nitrogens with two attached hydrogens (primary N) is 1. The van der Waals surface area contributed by atoms with Crippen LogP contribution in [0, 0.1) is 6.92 Å². The molecule has 5 heteroatoms. The summed E-state index contributed by atoms with van der Waals surface area (Å²) < 4.78 is 0. The highest BCUT2D eigenvalue weighted by Crippen LogP contribution is 2.19. The number of carbonyl (C=O) groups is 1. The number of benzene rings is 1. The largest absolute Gasteiger partial charge is 0.368 e. The van der Waals surface area contributed by atoms with Crippen LogP contribution in [0.15, 0.2) is 30.3 Å². The van der Waals surface area contributed by atoms with Gasteiger partial charge in [0.05, 0.1) is 5.69 Å². The van der Waals surface area contributed by atoms with E-state index in [1.165, 1.54) is 0 Å². The van der Waals surface area contributed by atoms with E-state index in [1.54, 1.807) is 4.90 Å². The second-order valence-corrected chi connectivity index (χ2v) is 4.81. The molecule has 0 radical (unpaired) electrons. The van der Waals surface area contributed by atoms with Gasteiger partial charge in [-0.1, -0.05) is 12.1 Å². The quantitative estimate of drug-likeness (QED) is 0.936. The van der Waals surface area contributed by atoms with Crippen molar-refractivity contribution in [1.82, 2.24) is 14.9 Å². The molecule has 1 heterocycles. The second-order valence-electron chi connectivity index (χ2n) is 4.81. The SMILES string of the molecule is CCN(CC)C(=O)c1ccc(-c2cc(C)nc(N)n2)cc1. The van der Waals surface area contributed by atoms with E-state index in [1.807, 2.05) is 51.1 Å². The Morgan fingerprint density at radius 3 is 2.29 bits per heavy atom. The lowest BCUT2D eigenvalue weighted by Crippen LogP contribution is -2.30. The summed E-state index contributed by atoms with van der Waals surface area (Å²) in [6.07, 6.45) is 0. The monoisotopic (exact) mass is 284 g/mol. The van der Waals surface area contributed by atoms with Crippen molar-refractivity contribution in [2.75, 3.05) is 18.8 Å². The maximum atomic E-state index is 12.2. The number of nitrogen functional groups attached to an aromatic ring is 1. The summed E-state index contributed by atoms with van der Waals surface area (Å²) in [4.78, 5) is 22.3. The standard InChI is InChI=1S/C16H20N4O/c1-4-20(5-2)15(21)13-8-6-12(7-9-13)14-10-11(3)18-16(17)19-14/h6-10H,4-5H2,1-3H3,(H2,17,18,19). The van der Waals surface area contributed by atoms with Gasteiger partial charge in [-0.25, -0.2) is 9.97 Å². The summed E-state index contributed by atoms with van der Waals surface area (Å²) in [5.74, 6) is 0.304. The molecule has 0 aliphatic rings. The molecule has 1 aromatic carbocycles. The predicted molar refractivity (Wildman–Crippen MR) is 83.9 cm³/mol. The van der Waals surface area contributed by atoms with Crippen LogP contribution in [0.1, 0.15) is 29.9 Å². The van der Waals surface area contributed by atoms with E-state index in [0.717, 1.165) is 17.0 Å². The summed E-state index contributed by atoms with van der Waals surface area (Å²) in [5.41, 5.74) is 8.85. The van der Waals surface area contributed by atoms with E-state index in [2.05, 4.69) is 9.97 Å². The summed E-state index contributed by atoms with van der Waals surface area (Å²) in [5, 5.41) is 0. The van der Waals surface area contributed by atoms with Gasteiger partial charge in [0, 0.05) is 29.9 Å². The Labute approximate surface area is 124 Å². The number of aromatic nitrogens is 2. The van der Waals surface area contributed by atoms with Crippen LogP contribution >= 0.6 is 0 Å². The zero-order valence-corrected chi connectivity index (χ0v) is 12.6. The number of amides is 1. The average Bonchev–Trinajstić information content (AvgIpc) is 2.47. The zero-order valence-electron chi connectivity index (χ0n) is 12.6. The first kappa shape index (κ1) is 15.0. The molecule has 1 amide bonds. The molecule has 21 heavy (non-hydrogen) atoms. The number of nitrogens with zero attached hydrogens (tertiary/aromatic N) is 3. The van der Waals surface area contributed by atoms with Crippen molar-refractivity contribution in [2.45, 2.75) is 20.8 Å². The number of aryl methyl sites for hydroxylation is 1. The molecule has 0 unspecified atom stereocenters. The third kappa shape index (κ3) is 3.37. The molecule has 0 saturated carbocycles. The molecule has 0 bridgehead atoms. The maximum absolute atomic E-state index is 12.2. The minimum absolute atomic E-state index is 0.0462. The van der Waals surface area contributed by atoms with Crippen molar-refractivity contribution < 1.29 is 4.79 Å². The van der Waals surface area contributed by atoms with Crippen molar-refractivity contribution in [1.29, 1.82) is 0 Å². The van der Waals surface area contributed by atoms with Gasteiger partial charge in [0.15, 0.2) is 0 Å². The Morgan fingerprint density at radius 2 is 1.76 bits per heavy atom. The molecule has 0 spiro atoms. The molecular formula is C16H20N4O. The fraction of sp³-hybridized carbons (Fsp3) is 0.312. The van der Waals surface area contributed by atoms with Crippen LogP contribution in [0.5, 0.6) is 0 Å². The summed E-state index contributed by atoms with van der Waals surface area (Å²) in [6.45, 7) is 7.24. The third-order valence-electron chi connectivity index (χ3n) is 3.35. The van der Waals surface area contributed by atoms with Crippen LogP contribution in [0.2, 0.25) is 0 Å². The minimum atomic E-state index is 0.0462. The van der Waals surface area contributed by atoms with Crippen LogP contribution in [0.4, 0.5) is 5.95 Å². The van der Waals surface area contributed by atoms with E-state index in [-0.39, 0.29) is 11.9 Å². The average molecular weight is 284 g/mol. The highest BCUT2D eigenvalue weighted by atomic mass is 16.2. The number of hydrogen-bond donors (Lipinski definition) is 1. The number of carbonyl (C=O) groups excluding carboxylic acids is 1. The number of hydrogen-bond acceptors (Lipinski definition) is 4. The summed E-state index contributed by atoms with van der Waals surface area (Å²) in [7, 11) is 0. The molecule has 0 fully saturated rings. The highest BCUT2D eigenvalue weighted by Gasteiger charge is 2.12. The van der Waals surface area contributed by atoms with Crippen LogP contribution in [-0.4, -0.2) is 33.9 Å². The van der Waals surface area contributed by atoms with Gasteiger partial charge in [-0.05, 0) is 39.0 Å². The van der Waals surface area contributed by atoms with Crippen LogP contribution < -0.4 is 5.73 Å².